The van der Waals surface area contributed by atoms with E-state index in [9.17, 15) is 13.2 Å². The Morgan fingerprint density at radius 3 is 2.00 bits per heavy atom. The second-order valence-electron chi connectivity index (χ2n) is 4.06. The van der Waals surface area contributed by atoms with Gasteiger partial charge in [-0.05, 0) is 42.5 Å². The largest absolute Gasteiger partial charge is 0.457 e. The molecule has 0 aliphatic heterocycles. The zero-order valence-electron chi connectivity index (χ0n) is 10.5. The Labute approximate surface area is 118 Å². The van der Waals surface area contributed by atoms with Gasteiger partial charge >= 0.3 is 6.18 Å². The van der Waals surface area contributed by atoms with Crippen LogP contribution in [0.1, 0.15) is 16.7 Å². The Hall–Kier alpha value is -2.99. The maximum Gasteiger partial charge on any atom is 0.417 e. The van der Waals surface area contributed by atoms with Crippen molar-refractivity contribution in [2.24, 2.45) is 0 Å². The van der Waals surface area contributed by atoms with E-state index in [0.29, 0.717) is 11.3 Å². The molecule has 21 heavy (non-hydrogen) atoms. The first-order valence-electron chi connectivity index (χ1n) is 5.73. The van der Waals surface area contributed by atoms with E-state index in [4.69, 9.17) is 15.3 Å². The molecular formula is C15H7F3N2O. The van der Waals surface area contributed by atoms with E-state index in [2.05, 4.69) is 0 Å². The first-order chi connectivity index (χ1) is 9.94. The second kappa shape index (κ2) is 5.56. The van der Waals surface area contributed by atoms with Gasteiger partial charge in [-0.25, -0.2) is 0 Å². The highest BCUT2D eigenvalue weighted by Gasteiger charge is 2.34. The Balaban J connectivity index is 2.33. The SMILES string of the molecule is N#Cc1ccc(Oc2ccc(C#N)c(C(F)(F)F)c2)cc1. The minimum Gasteiger partial charge on any atom is -0.457 e. The van der Waals surface area contributed by atoms with Gasteiger partial charge in [0.2, 0.25) is 0 Å². The maximum absolute atomic E-state index is 12.8. The van der Waals surface area contributed by atoms with Gasteiger partial charge in [0.1, 0.15) is 11.5 Å². The third kappa shape index (κ3) is 3.31. The average Bonchev–Trinajstić information content (AvgIpc) is 2.47. The summed E-state index contributed by atoms with van der Waals surface area (Å²) >= 11 is 0. The molecule has 104 valence electrons. The summed E-state index contributed by atoms with van der Waals surface area (Å²) in [5, 5.41) is 17.4. The zero-order chi connectivity index (χ0) is 15.5. The van der Waals surface area contributed by atoms with Gasteiger partial charge in [0, 0.05) is 0 Å². The lowest BCUT2D eigenvalue weighted by Gasteiger charge is -2.11. The van der Waals surface area contributed by atoms with Crippen LogP contribution in [0.15, 0.2) is 42.5 Å². The summed E-state index contributed by atoms with van der Waals surface area (Å²) in [6.07, 6.45) is -4.63. The van der Waals surface area contributed by atoms with Crippen LogP contribution < -0.4 is 4.74 Å². The van der Waals surface area contributed by atoms with E-state index in [1.165, 1.54) is 36.4 Å². The van der Waals surface area contributed by atoms with Crippen LogP contribution in [0.5, 0.6) is 11.5 Å². The Morgan fingerprint density at radius 2 is 1.48 bits per heavy atom. The van der Waals surface area contributed by atoms with Crippen molar-refractivity contribution in [3.8, 4) is 23.6 Å². The van der Waals surface area contributed by atoms with Crippen molar-refractivity contribution in [1.29, 1.82) is 10.5 Å². The molecule has 0 radical (unpaired) electrons. The topological polar surface area (TPSA) is 56.8 Å². The number of nitrogens with zero attached hydrogens (tertiary/aromatic N) is 2. The molecule has 0 aliphatic carbocycles. The number of nitriles is 2. The van der Waals surface area contributed by atoms with E-state index >= 15 is 0 Å². The molecule has 0 saturated heterocycles. The normalized spacial score (nSPS) is 10.5. The predicted molar refractivity (Wildman–Crippen MR) is 67.4 cm³/mol. The molecule has 0 spiro atoms. The summed E-state index contributed by atoms with van der Waals surface area (Å²) < 4.78 is 43.7. The van der Waals surface area contributed by atoms with E-state index in [1.807, 2.05) is 6.07 Å². The second-order valence-corrected chi connectivity index (χ2v) is 4.06. The molecule has 3 nitrogen and oxygen atoms in total. The standard InChI is InChI=1S/C15H7F3N2O/c16-15(17,18)14-7-13(6-3-11(14)9-20)21-12-4-1-10(8-19)2-5-12/h1-7H. The number of ether oxygens (including phenoxy) is 1. The molecule has 2 rings (SSSR count). The van der Waals surface area contributed by atoms with Crippen LogP contribution in [0.4, 0.5) is 13.2 Å². The first kappa shape index (κ1) is 14.4. The third-order valence-corrected chi connectivity index (χ3v) is 2.64. The number of alkyl halides is 3. The van der Waals surface area contributed by atoms with Crippen LogP contribution in [0.25, 0.3) is 0 Å². The zero-order valence-corrected chi connectivity index (χ0v) is 10.5. The molecule has 0 fully saturated rings. The van der Waals surface area contributed by atoms with E-state index in [1.54, 1.807) is 0 Å². The summed E-state index contributed by atoms with van der Waals surface area (Å²) in [5.41, 5.74) is -1.09. The highest BCUT2D eigenvalue weighted by atomic mass is 19.4. The lowest BCUT2D eigenvalue weighted by molar-refractivity contribution is -0.137. The average molecular weight is 288 g/mol. The van der Waals surface area contributed by atoms with E-state index < -0.39 is 17.3 Å². The first-order valence-corrected chi connectivity index (χ1v) is 5.73. The fraction of sp³-hybridized carbons (Fsp3) is 0.0667. The number of hydrogen-bond acceptors (Lipinski definition) is 3. The molecule has 0 aromatic heterocycles. The molecule has 2 aromatic rings. The molecule has 0 saturated carbocycles. The number of hydrogen-bond donors (Lipinski definition) is 0. The molecular weight excluding hydrogens is 281 g/mol. The van der Waals surface area contributed by atoms with Crippen LogP contribution in [0.2, 0.25) is 0 Å². The molecule has 0 atom stereocenters. The molecule has 0 unspecified atom stereocenters. The molecule has 0 aliphatic rings. The molecule has 2 aromatic carbocycles. The van der Waals surface area contributed by atoms with Gasteiger partial charge in [-0.15, -0.1) is 0 Å². The van der Waals surface area contributed by atoms with Crippen molar-refractivity contribution in [3.63, 3.8) is 0 Å². The Morgan fingerprint density at radius 1 is 0.857 bits per heavy atom. The number of benzene rings is 2. The van der Waals surface area contributed by atoms with Gasteiger partial charge in [-0.1, -0.05) is 0 Å². The van der Waals surface area contributed by atoms with Crippen LogP contribution in [-0.2, 0) is 6.18 Å². The van der Waals surface area contributed by atoms with Crippen molar-refractivity contribution in [2.75, 3.05) is 0 Å². The lowest BCUT2D eigenvalue weighted by Crippen LogP contribution is -2.07. The van der Waals surface area contributed by atoms with Gasteiger partial charge in [0.15, 0.2) is 0 Å². The summed E-state index contributed by atoms with van der Waals surface area (Å²) in [5.74, 6) is 0.262. The van der Waals surface area contributed by atoms with Crippen molar-refractivity contribution >= 4 is 0 Å². The number of rotatable bonds is 2. The van der Waals surface area contributed by atoms with Gasteiger partial charge in [0.25, 0.3) is 0 Å². The fourth-order valence-electron chi connectivity index (χ4n) is 1.65. The molecule has 6 heteroatoms. The highest BCUT2D eigenvalue weighted by Crippen LogP contribution is 2.35. The molecule has 0 bridgehead atoms. The van der Waals surface area contributed by atoms with Crippen LogP contribution in [-0.4, -0.2) is 0 Å². The fourth-order valence-corrected chi connectivity index (χ4v) is 1.65. The van der Waals surface area contributed by atoms with Crippen molar-refractivity contribution in [2.45, 2.75) is 6.18 Å². The number of halogens is 3. The highest BCUT2D eigenvalue weighted by molar-refractivity contribution is 5.46. The predicted octanol–water partition coefficient (Wildman–Crippen LogP) is 4.24. The monoisotopic (exact) mass is 288 g/mol. The summed E-state index contributed by atoms with van der Waals surface area (Å²) in [6.45, 7) is 0. The summed E-state index contributed by atoms with van der Waals surface area (Å²) in [7, 11) is 0. The quantitative estimate of drug-likeness (QED) is 0.830. The summed E-state index contributed by atoms with van der Waals surface area (Å²) in [4.78, 5) is 0. The van der Waals surface area contributed by atoms with Gasteiger partial charge in [0.05, 0.1) is 28.8 Å². The Bertz CT molecular complexity index is 737. The van der Waals surface area contributed by atoms with Crippen molar-refractivity contribution in [1.82, 2.24) is 0 Å². The minimum atomic E-state index is -4.63. The van der Waals surface area contributed by atoms with Crippen molar-refractivity contribution < 1.29 is 17.9 Å². The minimum absolute atomic E-state index is 0.0361. The third-order valence-electron chi connectivity index (χ3n) is 2.64. The summed E-state index contributed by atoms with van der Waals surface area (Å²) in [6, 6.07) is 12.5. The van der Waals surface area contributed by atoms with Crippen LogP contribution in [0.3, 0.4) is 0 Å². The van der Waals surface area contributed by atoms with Gasteiger partial charge in [-0.3, -0.25) is 0 Å². The van der Waals surface area contributed by atoms with E-state index in [-0.39, 0.29) is 5.75 Å². The van der Waals surface area contributed by atoms with Gasteiger partial charge < -0.3 is 4.74 Å². The lowest BCUT2D eigenvalue weighted by atomic mass is 10.1. The molecule has 0 heterocycles. The Kier molecular flexibility index (Phi) is 3.82. The smallest absolute Gasteiger partial charge is 0.417 e. The van der Waals surface area contributed by atoms with Crippen molar-refractivity contribution in [3.05, 3.63) is 59.2 Å². The van der Waals surface area contributed by atoms with Crippen LogP contribution >= 0.6 is 0 Å². The van der Waals surface area contributed by atoms with Crippen LogP contribution in [0, 0.1) is 22.7 Å². The molecule has 0 amide bonds. The molecule has 0 N–H and O–H groups in total. The maximum atomic E-state index is 12.8. The van der Waals surface area contributed by atoms with E-state index in [0.717, 1.165) is 12.1 Å². The van der Waals surface area contributed by atoms with Gasteiger partial charge in [-0.2, -0.15) is 23.7 Å².